The van der Waals surface area contributed by atoms with Crippen LogP contribution in [-0.2, 0) is 9.59 Å². The summed E-state index contributed by atoms with van der Waals surface area (Å²) in [5, 5.41) is 18.1. The summed E-state index contributed by atoms with van der Waals surface area (Å²) in [5.41, 5.74) is -1.02. The lowest BCUT2D eigenvalue weighted by molar-refractivity contribution is -0.149. The maximum Gasteiger partial charge on any atom is 0.332 e. The quantitative estimate of drug-likeness (QED) is 0.614. The zero-order chi connectivity index (χ0) is 15.5. The third-order valence-corrected chi connectivity index (χ3v) is 3.28. The maximum absolute atomic E-state index is 12.1. The minimum atomic E-state index is -1.83. The van der Waals surface area contributed by atoms with Crippen LogP contribution in [0.4, 0.5) is 0 Å². The molecule has 1 unspecified atom stereocenters. The van der Waals surface area contributed by atoms with Gasteiger partial charge in [0.25, 0.3) is 0 Å². The number of rotatable bonds is 6. The van der Waals surface area contributed by atoms with Crippen LogP contribution in [0.15, 0.2) is 36.4 Å². The molecule has 106 valence electrons. The van der Waals surface area contributed by atoms with E-state index in [1.54, 1.807) is 24.3 Å². The number of ketones is 1. The highest BCUT2D eigenvalue weighted by Crippen LogP contribution is 2.32. The molecule has 5 heteroatoms. The van der Waals surface area contributed by atoms with E-state index < -0.39 is 35.1 Å². The number of Topliss-reactive ketones (excluding diaryl/α,β-unsaturated/α-hetero) is 1. The topological polar surface area (TPSA) is 91.7 Å². The highest BCUT2D eigenvalue weighted by Gasteiger charge is 2.41. The first-order valence-corrected chi connectivity index (χ1v) is 5.94. The van der Waals surface area contributed by atoms with Crippen LogP contribution in [0, 0.1) is 12.3 Å². The SMILES string of the molecule is C=C(C(=O)O)C(C)(CC(=O)c1ccc(C)cc1)C(=O)O. The van der Waals surface area contributed by atoms with Crippen molar-refractivity contribution in [1.29, 1.82) is 0 Å². The molecule has 20 heavy (non-hydrogen) atoms. The van der Waals surface area contributed by atoms with E-state index in [0.29, 0.717) is 5.56 Å². The van der Waals surface area contributed by atoms with E-state index in [2.05, 4.69) is 6.58 Å². The van der Waals surface area contributed by atoms with Gasteiger partial charge in [0.15, 0.2) is 5.78 Å². The summed E-state index contributed by atoms with van der Waals surface area (Å²) in [5.74, 6) is -3.24. The maximum atomic E-state index is 12.1. The Hall–Kier alpha value is -2.43. The molecule has 1 rings (SSSR count). The predicted octanol–water partition coefficient (Wildman–Crippen LogP) is 2.30. The number of hydrogen-bond donors (Lipinski definition) is 2. The van der Waals surface area contributed by atoms with Gasteiger partial charge in [-0.05, 0) is 13.8 Å². The van der Waals surface area contributed by atoms with Crippen LogP contribution < -0.4 is 0 Å². The Morgan fingerprint density at radius 3 is 2.05 bits per heavy atom. The third-order valence-electron chi connectivity index (χ3n) is 3.28. The Kier molecular flexibility index (Phi) is 4.45. The molecule has 0 saturated heterocycles. The number of hydrogen-bond acceptors (Lipinski definition) is 3. The molecule has 0 radical (unpaired) electrons. The Morgan fingerprint density at radius 1 is 1.15 bits per heavy atom. The van der Waals surface area contributed by atoms with E-state index in [-0.39, 0.29) is 0 Å². The molecule has 5 nitrogen and oxygen atoms in total. The zero-order valence-electron chi connectivity index (χ0n) is 11.3. The largest absolute Gasteiger partial charge is 0.481 e. The molecule has 0 heterocycles. The summed E-state index contributed by atoms with van der Waals surface area (Å²) in [6.07, 6.45) is -0.448. The summed E-state index contributed by atoms with van der Waals surface area (Å²) < 4.78 is 0. The van der Waals surface area contributed by atoms with Crippen LogP contribution in [0.3, 0.4) is 0 Å². The first-order valence-electron chi connectivity index (χ1n) is 5.94. The molecule has 0 aliphatic rings. The van der Waals surface area contributed by atoms with Crippen molar-refractivity contribution in [2.75, 3.05) is 0 Å². The first kappa shape index (κ1) is 15.6. The minimum Gasteiger partial charge on any atom is -0.481 e. The summed E-state index contributed by atoms with van der Waals surface area (Å²) in [4.78, 5) is 34.4. The Bertz CT molecular complexity index is 570. The van der Waals surface area contributed by atoms with E-state index in [9.17, 15) is 19.5 Å². The molecule has 2 N–H and O–H groups in total. The second-order valence-electron chi connectivity index (χ2n) is 4.89. The molecule has 0 saturated carbocycles. The van der Waals surface area contributed by atoms with Crippen molar-refractivity contribution >= 4 is 17.7 Å². The Balaban J connectivity index is 3.05. The lowest BCUT2D eigenvalue weighted by atomic mass is 9.77. The van der Waals surface area contributed by atoms with Crippen molar-refractivity contribution in [3.8, 4) is 0 Å². The number of benzene rings is 1. The third kappa shape index (κ3) is 3.12. The van der Waals surface area contributed by atoms with Crippen LogP contribution in [0.1, 0.15) is 29.3 Å². The standard InChI is InChI=1S/C15H16O5/c1-9-4-6-11(7-5-9)12(16)8-15(3,14(19)20)10(2)13(17)18/h4-7H,2,8H2,1,3H3,(H,17,18)(H,19,20). The van der Waals surface area contributed by atoms with E-state index in [1.807, 2.05) is 6.92 Å². The van der Waals surface area contributed by atoms with Gasteiger partial charge in [-0.1, -0.05) is 36.4 Å². The van der Waals surface area contributed by atoms with Gasteiger partial charge < -0.3 is 10.2 Å². The molecule has 0 aromatic heterocycles. The van der Waals surface area contributed by atoms with E-state index in [4.69, 9.17) is 5.11 Å². The number of carboxylic acid groups (broad SMARTS) is 2. The van der Waals surface area contributed by atoms with Gasteiger partial charge in [0.2, 0.25) is 0 Å². The van der Waals surface area contributed by atoms with Crippen LogP contribution in [0.5, 0.6) is 0 Å². The molecule has 1 aromatic rings. The number of aryl methyl sites for hydroxylation is 1. The Morgan fingerprint density at radius 2 is 1.65 bits per heavy atom. The highest BCUT2D eigenvalue weighted by molar-refractivity contribution is 6.03. The van der Waals surface area contributed by atoms with Gasteiger partial charge in [-0.25, -0.2) is 4.79 Å². The van der Waals surface area contributed by atoms with Gasteiger partial charge in [-0.15, -0.1) is 0 Å². The molecule has 0 fully saturated rings. The molecule has 0 aliphatic carbocycles. The molecule has 0 amide bonds. The van der Waals surface area contributed by atoms with Crippen molar-refractivity contribution in [2.24, 2.45) is 5.41 Å². The van der Waals surface area contributed by atoms with Crippen molar-refractivity contribution in [1.82, 2.24) is 0 Å². The highest BCUT2D eigenvalue weighted by atomic mass is 16.4. The fraction of sp³-hybridized carbons (Fsp3) is 0.267. The van der Waals surface area contributed by atoms with Gasteiger partial charge >= 0.3 is 11.9 Å². The normalized spacial score (nSPS) is 13.3. The monoisotopic (exact) mass is 276 g/mol. The van der Waals surface area contributed by atoms with E-state index in [0.717, 1.165) is 5.56 Å². The predicted molar refractivity (Wildman–Crippen MR) is 72.6 cm³/mol. The van der Waals surface area contributed by atoms with Crippen LogP contribution >= 0.6 is 0 Å². The van der Waals surface area contributed by atoms with Crippen molar-refractivity contribution in [3.63, 3.8) is 0 Å². The van der Waals surface area contributed by atoms with Gasteiger partial charge in [-0.2, -0.15) is 0 Å². The van der Waals surface area contributed by atoms with Gasteiger partial charge in [0.1, 0.15) is 5.41 Å². The fourth-order valence-electron chi connectivity index (χ4n) is 1.71. The molecule has 0 spiro atoms. The van der Waals surface area contributed by atoms with E-state index in [1.165, 1.54) is 6.92 Å². The summed E-state index contributed by atoms with van der Waals surface area (Å²) >= 11 is 0. The summed E-state index contributed by atoms with van der Waals surface area (Å²) in [6, 6.07) is 6.64. The number of aliphatic carboxylic acids is 2. The van der Waals surface area contributed by atoms with Crippen LogP contribution in [0.2, 0.25) is 0 Å². The first-order chi connectivity index (χ1) is 9.18. The van der Waals surface area contributed by atoms with Gasteiger partial charge in [0.05, 0.1) is 0 Å². The fourth-order valence-corrected chi connectivity index (χ4v) is 1.71. The number of carbonyl (C=O) groups is 3. The second-order valence-corrected chi connectivity index (χ2v) is 4.89. The average molecular weight is 276 g/mol. The van der Waals surface area contributed by atoms with E-state index >= 15 is 0 Å². The second kappa shape index (κ2) is 5.69. The number of carboxylic acids is 2. The molecule has 1 atom stereocenters. The minimum absolute atomic E-state index is 0.348. The molecule has 0 aliphatic heterocycles. The smallest absolute Gasteiger partial charge is 0.332 e. The molecular formula is C15H16O5. The molecule has 0 bridgehead atoms. The van der Waals surface area contributed by atoms with Crippen molar-refractivity contribution in [3.05, 3.63) is 47.5 Å². The average Bonchev–Trinajstić information content (AvgIpc) is 2.37. The van der Waals surface area contributed by atoms with Crippen molar-refractivity contribution < 1.29 is 24.6 Å². The Labute approximate surface area is 116 Å². The molecule has 1 aromatic carbocycles. The summed E-state index contributed by atoms with van der Waals surface area (Å²) in [7, 11) is 0. The lowest BCUT2D eigenvalue weighted by Gasteiger charge is -2.24. The van der Waals surface area contributed by atoms with Crippen LogP contribution in [0.25, 0.3) is 0 Å². The van der Waals surface area contributed by atoms with Gasteiger partial charge in [-0.3, -0.25) is 9.59 Å². The summed E-state index contributed by atoms with van der Waals surface area (Å²) in [6.45, 7) is 6.33. The molecular weight excluding hydrogens is 260 g/mol. The lowest BCUT2D eigenvalue weighted by Crippen LogP contribution is -2.35. The van der Waals surface area contributed by atoms with Gasteiger partial charge in [0, 0.05) is 17.6 Å². The van der Waals surface area contributed by atoms with Crippen LogP contribution in [-0.4, -0.2) is 27.9 Å². The van der Waals surface area contributed by atoms with Crippen molar-refractivity contribution in [2.45, 2.75) is 20.3 Å². The number of carbonyl (C=O) groups excluding carboxylic acids is 1. The zero-order valence-corrected chi connectivity index (χ0v) is 11.3.